The number of carbonyl (C=O) groups is 1. The van der Waals surface area contributed by atoms with E-state index in [4.69, 9.17) is 0 Å². The molecule has 1 aliphatic rings. The highest BCUT2D eigenvalue weighted by molar-refractivity contribution is 7.92. The van der Waals surface area contributed by atoms with Gasteiger partial charge in [-0.05, 0) is 42.5 Å². The number of amides is 1. The van der Waals surface area contributed by atoms with Gasteiger partial charge in [0.15, 0.2) is 9.84 Å². The van der Waals surface area contributed by atoms with Gasteiger partial charge in [0, 0.05) is 0 Å². The van der Waals surface area contributed by atoms with Gasteiger partial charge in [-0.15, -0.1) is 0 Å². The average molecular weight is 329 g/mol. The molecule has 0 fully saturated rings. The van der Waals surface area contributed by atoms with Crippen LogP contribution in [0.1, 0.15) is 30.0 Å². The Balaban J connectivity index is 1.71. The van der Waals surface area contributed by atoms with E-state index in [2.05, 4.69) is 11.4 Å². The molecule has 23 heavy (non-hydrogen) atoms. The molecule has 1 unspecified atom stereocenters. The molecule has 1 amide bonds. The number of aryl methyl sites for hydroxylation is 1. The van der Waals surface area contributed by atoms with Crippen molar-refractivity contribution in [3.63, 3.8) is 0 Å². The molecule has 5 heteroatoms. The van der Waals surface area contributed by atoms with E-state index in [1.807, 2.05) is 18.2 Å². The van der Waals surface area contributed by atoms with E-state index in [1.54, 1.807) is 18.2 Å². The van der Waals surface area contributed by atoms with Gasteiger partial charge in [0.2, 0.25) is 5.91 Å². The zero-order valence-corrected chi connectivity index (χ0v) is 13.6. The molecule has 0 radical (unpaired) electrons. The number of carbonyl (C=O) groups excluding carboxylic acids is 1. The van der Waals surface area contributed by atoms with Crippen molar-refractivity contribution in [1.29, 1.82) is 0 Å². The number of nitrogens with one attached hydrogen (secondary N) is 1. The number of fused-ring (bicyclic) bond motifs is 1. The van der Waals surface area contributed by atoms with Crippen molar-refractivity contribution >= 4 is 15.7 Å². The van der Waals surface area contributed by atoms with Crippen LogP contribution in [0.25, 0.3) is 0 Å². The number of rotatable bonds is 4. The summed E-state index contributed by atoms with van der Waals surface area (Å²) in [6, 6.07) is 16.0. The maximum atomic E-state index is 12.3. The highest BCUT2D eigenvalue weighted by atomic mass is 32.2. The highest BCUT2D eigenvalue weighted by Crippen LogP contribution is 2.29. The minimum absolute atomic E-state index is 0.0987. The summed E-state index contributed by atoms with van der Waals surface area (Å²) in [6.45, 7) is 0. The largest absolute Gasteiger partial charge is 0.348 e. The molecule has 1 N–H and O–H groups in total. The standard InChI is InChI=1S/C18H19NO3S/c20-18(13-23(21,22)15-9-2-1-3-10-15)19-17-12-6-8-14-7-4-5-11-16(14)17/h1-5,7,9-11,17H,6,8,12-13H2,(H,19,20). The van der Waals surface area contributed by atoms with Gasteiger partial charge in [0.25, 0.3) is 0 Å². The first kappa shape index (κ1) is 15.7. The molecule has 1 atom stereocenters. The van der Waals surface area contributed by atoms with Gasteiger partial charge in [-0.3, -0.25) is 4.79 Å². The molecule has 0 saturated heterocycles. The molecule has 120 valence electrons. The maximum Gasteiger partial charge on any atom is 0.236 e. The number of hydrogen-bond acceptors (Lipinski definition) is 3. The Labute approximate surface area is 136 Å². The summed E-state index contributed by atoms with van der Waals surface area (Å²) in [5.74, 6) is -0.967. The van der Waals surface area contributed by atoms with E-state index >= 15 is 0 Å². The summed E-state index contributed by atoms with van der Waals surface area (Å²) in [5.41, 5.74) is 2.33. The van der Waals surface area contributed by atoms with Crippen LogP contribution in [-0.4, -0.2) is 20.1 Å². The molecule has 3 rings (SSSR count). The second kappa shape index (κ2) is 6.54. The molecular weight excluding hydrogens is 310 g/mol. The second-order valence-electron chi connectivity index (χ2n) is 5.78. The number of sulfone groups is 1. The van der Waals surface area contributed by atoms with Gasteiger partial charge in [-0.25, -0.2) is 8.42 Å². The topological polar surface area (TPSA) is 63.2 Å². The Kier molecular flexibility index (Phi) is 4.48. The fraction of sp³-hybridized carbons (Fsp3) is 0.278. The Bertz CT molecular complexity index is 800. The van der Waals surface area contributed by atoms with Gasteiger partial charge >= 0.3 is 0 Å². The Morgan fingerprint density at radius 2 is 1.74 bits per heavy atom. The molecule has 0 bridgehead atoms. The Morgan fingerprint density at radius 1 is 1.04 bits per heavy atom. The first-order valence-corrected chi connectivity index (χ1v) is 9.36. The van der Waals surface area contributed by atoms with Crippen LogP contribution in [0.5, 0.6) is 0 Å². The van der Waals surface area contributed by atoms with Gasteiger partial charge < -0.3 is 5.32 Å². The van der Waals surface area contributed by atoms with Crippen molar-refractivity contribution in [2.45, 2.75) is 30.2 Å². The minimum Gasteiger partial charge on any atom is -0.348 e. The zero-order valence-electron chi connectivity index (χ0n) is 12.7. The van der Waals surface area contributed by atoms with Gasteiger partial charge in [-0.1, -0.05) is 42.5 Å². The van der Waals surface area contributed by atoms with Crippen LogP contribution in [0.2, 0.25) is 0 Å². The van der Waals surface area contributed by atoms with Gasteiger partial charge in [0.05, 0.1) is 10.9 Å². The van der Waals surface area contributed by atoms with E-state index in [0.29, 0.717) is 0 Å². The highest BCUT2D eigenvalue weighted by Gasteiger charge is 2.24. The average Bonchev–Trinajstić information content (AvgIpc) is 2.55. The molecule has 0 aromatic heterocycles. The van der Waals surface area contributed by atoms with E-state index in [-0.39, 0.29) is 10.9 Å². The van der Waals surface area contributed by atoms with Crippen LogP contribution >= 0.6 is 0 Å². The van der Waals surface area contributed by atoms with Crippen molar-refractivity contribution in [3.8, 4) is 0 Å². The van der Waals surface area contributed by atoms with Crippen LogP contribution in [-0.2, 0) is 21.1 Å². The predicted octanol–water partition coefficient (Wildman–Crippen LogP) is 2.65. The summed E-state index contributed by atoms with van der Waals surface area (Å²) in [6.07, 6.45) is 2.84. The van der Waals surface area contributed by atoms with E-state index in [0.717, 1.165) is 24.8 Å². The van der Waals surface area contributed by atoms with Crippen molar-refractivity contribution < 1.29 is 13.2 Å². The molecule has 0 spiro atoms. The molecular formula is C18H19NO3S. The van der Waals surface area contributed by atoms with Crippen LogP contribution in [0.4, 0.5) is 0 Å². The SMILES string of the molecule is O=C(CS(=O)(=O)c1ccccc1)NC1CCCc2ccccc21. The van der Waals surface area contributed by atoms with Crippen molar-refractivity contribution in [1.82, 2.24) is 5.32 Å². The predicted molar refractivity (Wildman–Crippen MR) is 88.8 cm³/mol. The Morgan fingerprint density at radius 3 is 2.52 bits per heavy atom. The molecule has 1 aliphatic carbocycles. The summed E-state index contributed by atoms with van der Waals surface area (Å²) >= 11 is 0. The maximum absolute atomic E-state index is 12.3. The van der Waals surface area contributed by atoms with Crippen LogP contribution < -0.4 is 5.32 Å². The Hall–Kier alpha value is -2.14. The lowest BCUT2D eigenvalue weighted by Gasteiger charge is -2.26. The minimum atomic E-state index is -3.60. The molecule has 0 aliphatic heterocycles. The third-order valence-corrected chi connectivity index (χ3v) is 5.76. The van der Waals surface area contributed by atoms with Gasteiger partial charge in [0.1, 0.15) is 5.75 Å². The third kappa shape index (κ3) is 3.62. The smallest absolute Gasteiger partial charge is 0.236 e. The van der Waals surface area contributed by atoms with Crippen LogP contribution in [0.15, 0.2) is 59.5 Å². The lowest BCUT2D eigenvalue weighted by molar-refractivity contribution is -0.119. The lowest BCUT2D eigenvalue weighted by Crippen LogP contribution is -2.35. The van der Waals surface area contributed by atoms with Crippen molar-refractivity contribution in [2.24, 2.45) is 0 Å². The molecule has 2 aromatic rings. The summed E-state index contributed by atoms with van der Waals surface area (Å²) in [4.78, 5) is 12.4. The van der Waals surface area contributed by atoms with Crippen molar-refractivity contribution in [2.75, 3.05) is 5.75 Å². The van der Waals surface area contributed by atoms with Crippen molar-refractivity contribution in [3.05, 3.63) is 65.7 Å². The molecule has 2 aromatic carbocycles. The molecule has 0 saturated carbocycles. The quantitative estimate of drug-likeness (QED) is 0.938. The van der Waals surface area contributed by atoms with Gasteiger partial charge in [-0.2, -0.15) is 0 Å². The fourth-order valence-electron chi connectivity index (χ4n) is 3.02. The first-order chi connectivity index (χ1) is 11.1. The number of hydrogen-bond donors (Lipinski definition) is 1. The summed E-state index contributed by atoms with van der Waals surface area (Å²) in [5, 5.41) is 2.88. The number of benzene rings is 2. The zero-order chi connectivity index (χ0) is 16.3. The van der Waals surface area contributed by atoms with E-state index < -0.39 is 21.5 Å². The lowest BCUT2D eigenvalue weighted by atomic mass is 9.88. The third-order valence-electron chi connectivity index (χ3n) is 4.13. The van der Waals surface area contributed by atoms with Crippen LogP contribution in [0.3, 0.4) is 0 Å². The van der Waals surface area contributed by atoms with E-state index in [1.165, 1.54) is 17.7 Å². The summed E-state index contributed by atoms with van der Waals surface area (Å²) < 4.78 is 24.5. The first-order valence-electron chi connectivity index (χ1n) is 7.71. The monoisotopic (exact) mass is 329 g/mol. The summed E-state index contributed by atoms with van der Waals surface area (Å²) in [7, 11) is -3.60. The van der Waals surface area contributed by atoms with Crippen LogP contribution in [0, 0.1) is 0 Å². The normalized spacial score (nSPS) is 17.3. The fourth-order valence-corrected chi connectivity index (χ4v) is 4.19. The second-order valence-corrected chi connectivity index (χ2v) is 7.77. The molecule has 4 nitrogen and oxygen atoms in total. The molecule has 0 heterocycles. The van der Waals surface area contributed by atoms with E-state index in [9.17, 15) is 13.2 Å².